The molecule has 14 heavy (non-hydrogen) atoms. The van der Waals surface area contributed by atoms with Crippen molar-refractivity contribution >= 4 is 11.8 Å². The molecule has 0 saturated heterocycles. The van der Waals surface area contributed by atoms with Crippen LogP contribution in [0.25, 0.3) is 0 Å². The topological polar surface area (TPSA) is 49.8 Å². The summed E-state index contributed by atoms with van der Waals surface area (Å²) in [6, 6.07) is 2.14. The maximum absolute atomic E-state index is 8.77. The fourth-order valence-electron chi connectivity index (χ4n) is 1.34. The van der Waals surface area contributed by atoms with Crippen LogP contribution >= 0.6 is 11.8 Å². The highest BCUT2D eigenvalue weighted by atomic mass is 32.2. The summed E-state index contributed by atoms with van der Waals surface area (Å²) >= 11 is 1.93. The summed E-state index contributed by atoms with van der Waals surface area (Å²) < 4.78 is 0. The summed E-state index contributed by atoms with van der Waals surface area (Å²) in [5.41, 5.74) is 5.12. The molecule has 0 radical (unpaired) electrons. The maximum Gasteiger partial charge on any atom is 0.102 e. The molecule has 0 heterocycles. The number of unbranched alkanes of at least 4 members (excludes halogenated alkanes) is 2. The van der Waals surface area contributed by atoms with Crippen LogP contribution in [0.15, 0.2) is 0 Å². The van der Waals surface area contributed by atoms with Gasteiger partial charge in [-0.3, -0.25) is 0 Å². The minimum atomic E-state index is -0.656. The molecule has 0 aromatic rings. The predicted octanol–water partition coefficient (Wildman–Crippen LogP) is 2.93. The maximum atomic E-state index is 8.77. The highest BCUT2D eigenvalue weighted by molar-refractivity contribution is 7.99. The second kappa shape index (κ2) is 7.14. The van der Waals surface area contributed by atoms with Gasteiger partial charge >= 0.3 is 0 Å². The van der Waals surface area contributed by atoms with Gasteiger partial charge in [0.15, 0.2) is 0 Å². The van der Waals surface area contributed by atoms with Gasteiger partial charge in [-0.15, -0.1) is 0 Å². The van der Waals surface area contributed by atoms with Gasteiger partial charge < -0.3 is 5.73 Å². The van der Waals surface area contributed by atoms with E-state index in [-0.39, 0.29) is 0 Å². The zero-order valence-corrected chi connectivity index (χ0v) is 10.4. The van der Waals surface area contributed by atoms with Crippen LogP contribution in [-0.2, 0) is 0 Å². The number of rotatable bonds is 7. The van der Waals surface area contributed by atoms with E-state index >= 15 is 0 Å². The Balaban J connectivity index is 3.56. The first kappa shape index (κ1) is 13.8. The zero-order chi connectivity index (χ0) is 11.0. The van der Waals surface area contributed by atoms with Crippen molar-refractivity contribution in [2.75, 3.05) is 5.75 Å². The van der Waals surface area contributed by atoms with Crippen molar-refractivity contribution in [1.29, 1.82) is 5.26 Å². The number of hydrogen-bond donors (Lipinski definition) is 1. The molecule has 2 nitrogen and oxygen atoms in total. The van der Waals surface area contributed by atoms with Gasteiger partial charge in [-0.05, 0) is 25.5 Å². The van der Waals surface area contributed by atoms with Gasteiger partial charge in [-0.2, -0.15) is 17.0 Å². The third-order valence-electron chi connectivity index (χ3n) is 2.12. The van der Waals surface area contributed by atoms with Gasteiger partial charge in [-0.25, -0.2) is 0 Å². The molecule has 0 aromatic heterocycles. The molecule has 0 aliphatic carbocycles. The lowest BCUT2D eigenvalue weighted by molar-refractivity contribution is 0.545. The molecule has 2 atom stereocenters. The highest BCUT2D eigenvalue weighted by Gasteiger charge is 2.20. The molecule has 2 unspecified atom stereocenters. The first-order chi connectivity index (χ1) is 6.52. The van der Waals surface area contributed by atoms with Crippen LogP contribution in [0, 0.1) is 11.3 Å². The van der Waals surface area contributed by atoms with Gasteiger partial charge in [0.05, 0.1) is 6.07 Å². The molecule has 3 heteroatoms. The van der Waals surface area contributed by atoms with Crippen LogP contribution in [0.1, 0.15) is 46.5 Å². The first-order valence-electron chi connectivity index (χ1n) is 5.33. The molecule has 0 aliphatic heterocycles. The molecule has 0 fully saturated rings. The second-order valence-electron chi connectivity index (χ2n) is 4.12. The van der Waals surface area contributed by atoms with Crippen molar-refractivity contribution in [3.63, 3.8) is 0 Å². The second-order valence-corrected chi connectivity index (χ2v) is 5.67. The lowest BCUT2D eigenvalue weighted by Gasteiger charge is -2.20. The van der Waals surface area contributed by atoms with Crippen LogP contribution in [0.2, 0.25) is 0 Å². The third-order valence-corrected chi connectivity index (χ3v) is 3.38. The molecule has 0 rings (SSSR count). The molecular weight excluding hydrogens is 192 g/mol. The van der Waals surface area contributed by atoms with Crippen molar-refractivity contribution in [3.05, 3.63) is 0 Å². The Hall–Kier alpha value is -0.200. The van der Waals surface area contributed by atoms with E-state index in [1.54, 1.807) is 6.92 Å². The third kappa shape index (κ3) is 7.23. The van der Waals surface area contributed by atoms with Gasteiger partial charge in [0.25, 0.3) is 0 Å². The van der Waals surface area contributed by atoms with Crippen LogP contribution in [-0.4, -0.2) is 16.5 Å². The molecule has 0 aromatic carbocycles. The highest BCUT2D eigenvalue weighted by Crippen LogP contribution is 2.21. The minimum Gasteiger partial charge on any atom is -0.314 e. The summed E-state index contributed by atoms with van der Waals surface area (Å²) in [4.78, 5) is 0. The smallest absolute Gasteiger partial charge is 0.102 e. The molecule has 0 spiro atoms. The molecule has 0 amide bonds. The number of nitriles is 1. The van der Waals surface area contributed by atoms with E-state index in [1.165, 1.54) is 25.0 Å². The Labute approximate surface area is 92.2 Å². The molecular formula is C11H22N2S. The van der Waals surface area contributed by atoms with Crippen molar-refractivity contribution < 1.29 is 0 Å². The largest absolute Gasteiger partial charge is 0.314 e. The lowest BCUT2D eigenvalue weighted by Crippen LogP contribution is -2.36. The Kier molecular flexibility index (Phi) is 7.04. The standard InChI is InChI=1S/C11H22N2S/c1-4-5-6-7-14-10(2)8-11(3,13)9-12/h10H,4-8,13H2,1-3H3. The van der Waals surface area contributed by atoms with E-state index in [0.717, 1.165) is 6.42 Å². The molecule has 82 valence electrons. The van der Waals surface area contributed by atoms with Crippen LogP contribution in [0.5, 0.6) is 0 Å². The quantitative estimate of drug-likeness (QED) is 0.663. The number of thioether (sulfide) groups is 1. The SMILES string of the molecule is CCCCCSC(C)CC(C)(N)C#N. The Morgan fingerprint density at radius 2 is 2.14 bits per heavy atom. The summed E-state index contributed by atoms with van der Waals surface area (Å²) in [6.45, 7) is 6.16. The van der Waals surface area contributed by atoms with Crippen LogP contribution in [0.3, 0.4) is 0 Å². The van der Waals surface area contributed by atoms with Gasteiger partial charge in [0.1, 0.15) is 5.54 Å². The predicted molar refractivity (Wildman–Crippen MR) is 64.3 cm³/mol. The van der Waals surface area contributed by atoms with E-state index in [0.29, 0.717) is 5.25 Å². The Morgan fingerprint density at radius 3 is 2.64 bits per heavy atom. The fraction of sp³-hybridized carbons (Fsp3) is 0.909. The van der Waals surface area contributed by atoms with Gasteiger partial charge in [0, 0.05) is 5.25 Å². The van der Waals surface area contributed by atoms with Crippen molar-refractivity contribution in [1.82, 2.24) is 0 Å². The monoisotopic (exact) mass is 214 g/mol. The normalized spacial score (nSPS) is 17.1. The van der Waals surface area contributed by atoms with E-state index in [1.807, 2.05) is 11.8 Å². The summed E-state index contributed by atoms with van der Waals surface area (Å²) in [5, 5.41) is 9.26. The van der Waals surface area contributed by atoms with Crippen molar-refractivity contribution in [3.8, 4) is 6.07 Å². The number of nitrogens with zero attached hydrogens (tertiary/aromatic N) is 1. The van der Waals surface area contributed by atoms with E-state index in [2.05, 4.69) is 19.9 Å². The zero-order valence-electron chi connectivity index (χ0n) is 9.55. The Bertz CT molecular complexity index is 184. The lowest BCUT2D eigenvalue weighted by atomic mass is 10.00. The van der Waals surface area contributed by atoms with E-state index in [4.69, 9.17) is 11.0 Å². The van der Waals surface area contributed by atoms with Crippen molar-refractivity contribution in [2.45, 2.75) is 57.2 Å². The van der Waals surface area contributed by atoms with Gasteiger partial charge in [-0.1, -0.05) is 26.7 Å². The van der Waals surface area contributed by atoms with Crippen LogP contribution in [0.4, 0.5) is 0 Å². The van der Waals surface area contributed by atoms with Crippen molar-refractivity contribution in [2.24, 2.45) is 5.73 Å². The molecule has 2 N–H and O–H groups in total. The summed E-state index contributed by atoms with van der Waals surface area (Å²) in [7, 11) is 0. The van der Waals surface area contributed by atoms with E-state index in [9.17, 15) is 0 Å². The van der Waals surface area contributed by atoms with Crippen LogP contribution < -0.4 is 5.73 Å². The summed E-state index contributed by atoms with van der Waals surface area (Å²) in [6.07, 6.45) is 4.62. The molecule has 0 bridgehead atoms. The summed E-state index contributed by atoms with van der Waals surface area (Å²) in [5.74, 6) is 1.19. The van der Waals surface area contributed by atoms with E-state index < -0.39 is 5.54 Å². The molecule has 0 aliphatic rings. The van der Waals surface area contributed by atoms with Gasteiger partial charge in [0.2, 0.25) is 0 Å². The number of nitrogens with two attached hydrogens (primary N) is 1. The average Bonchev–Trinajstić information content (AvgIpc) is 2.12. The average molecular weight is 214 g/mol. The Morgan fingerprint density at radius 1 is 1.50 bits per heavy atom. The first-order valence-corrected chi connectivity index (χ1v) is 6.38. The molecule has 0 saturated carbocycles. The number of hydrogen-bond acceptors (Lipinski definition) is 3. The fourth-order valence-corrected chi connectivity index (χ4v) is 2.58. The minimum absolute atomic E-state index is 0.488.